The maximum Gasteiger partial charge on any atom is 0.237 e. The van der Waals surface area contributed by atoms with E-state index in [2.05, 4.69) is 28.8 Å². The smallest absolute Gasteiger partial charge is 0.237 e. The lowest BCUT2D eigenvalue weighted by Gasteiger charge is -2.36. The van der Waals surface area contributed by atoms with Crippen LogP contribution in [-0.4, -0.2) is 38.3 Å². The van der Waals surface area contributed by atoms with E-state index in [9.17, 15) is 4.79 Å². The number of rotatable bonds is 3. The van der Waals surface area contributed by atoms with E-state index in [1.165, 1.54) is 4.90 Å². The van der Waals surface area contributed by atoms with Crippen molar-refractivity contribution < 1.29 is 4.79 Å². The predicted octanol–water partition coefficient (Wildman–Crippen LogP) is 1.39. The minimum atomic E-state index is 0.229. The number of nitrogens with zero attached hydrogens (tertiary/aromatic N) is 1. The second-order valence-electron chi connectivity index (χ2n) is 4.75. The summed E-state index contributed by atoms with van der Waals surface area (Å²) in [7, 11) is 1.90. The van der Waals surface area contributed by atoms with E-state index < -0.39 is 0 Å². The van der Waals surface area contributed by atoms with Gasteiger partial charge in [-0.25, -0.2) is 0 Å². The summed E-state index contributed by atoms with van der Waals surface area (Å²) < 4.78 is 0. The molecule has 18 heavy (non-hydrogen) atoms. The second-order valence-corrected chi connectivity index (χ2v) is 5.77. The quantitative estimate of drug-likeness (QED) is 0.865. The number of carbonyl (C=O) groups excluding carboxylic acids is 1. The number of amides is 1. The molecule has 1 amide bonds. The Morgan fingerprint density at radius 1 is 1.50 bits per heavy atom. The molecule has 3 rings (SSSR count). The second kappa shape index (κ2) is 4.82. The molecule has 96 valence electrons. The molecule has 1 aromatic carbocycles. The van der Waals surface area contributed by atoms with Gasteiger partial charge in [0, 0.05) is 43.2 Å². The van der Waals surface area contributed by atoms with Crippen LogP contribution in [0.5, 0.6) is 0 Å². The summed E-state index contributed by atoms with van der Waals surface area (Å²) in [5, 5.41) is 6.39. The van der Waals surface area contributed by atoms with Gasteiger partial charge in [0.2, 0.25) is 5.91 Å². The number of benzene rings is 1. The zero-order valence-electron chi connectivity index (χ0n) is 10.4. The highest BCUT2D eigenvalue weighted by molar-refractivity contribution is 8.00. The van der Waals surface area contributed by atoms with Gasteiger partial charge in [-0.2, -0.15) is 0 Å². The summed E-state index contributed by atoms with van der Waals surface area (Å²) in [6.45, 7) is 2.89. The maximum atomic E-state index is 12.1. The lowest BCUT2D eigenvalue weighted by molar-refractivity contribution is -0.116. The molecule has 4 nitrogen and oxygen atoms in total. The fraction of sp³-hybridized carbons (Fsp3) is 0.462. The molecule has 0 atom stereocenters. The van der Waals surface area contributed by atoms with Crippen molar-refractivity contribution in [1.29, 1.82) is 0 Å². The molecule has 0 spiro atoms. The van der Waals surface area contributed by atoms with Gasteiger partial charge < -0.3 is 15.5 Å². The van der Waals surface area contributed by atoms with Crippen LogP contribution < -0.4 is 15.5 Å². The van der Waals surface area contributed by atoms with Crippen LogP contribution in [0, 0.1) is 5.92 Å². The number of thioether (sulfide) groups is 1. The molecule has 1 aromatic rings. The molecule has 2 aliphatic heterocycles. The highest BCUT2D eigenvalue weighted by Gasteiger charge is 2.29. The number of fused-ring (bicyclic) bond motifs is 1. The van der Waals surface area contributed by atoms with Crippen molar-refractivity contribution in [2.45, 2.75) is 4.90 Å². The highest BCUT2D eigenvalue weighted by atomic mass is 32.2. The first-order chi connectivity index (χ1) is 8.78. The Bertz CT molecular complexity index is 473. The Morgan fingerprint density at radius 3 is 3.00 bits per heavy atom. The van der Waals surface area contributed by atoms with Gasteiger partial charge in [-0.15, -0.1) is 11.8 Å². The van der Waals surface area contributed by atoms with Gasteiger partial charge >= 0.3 is 0 Å². The average molecular weight is 263 g/mol. The van der Waals surface area contributed by atoms with Gasteiger partial charge in [0.05, 0.1) is 11.4 Å². The third kappa shape index (κ3) is 2.08. The largest absolute Gasteiger partial charge is 0.388 e. The molecule has 2 N–H and O–H groups in total. The van der Waals surface area contributed by atoms with Crippen molar-refractivity contribution in [3.63, 3.8) is 0 Å². The van der Waals surface area contributed by atoms with Crippen LogP contribution in [0.2, 0.25) is 0 Å². The first kappa shape index (κ1) is 11.9. The summed E-state index contributed by atoms with van der Waals surface area (Å²) in [5.41, 5.74) is 2.12. The van der Waals surface area contributed by atoms with Crippen LogP contribution in [0.1, 0.15) is 0 Å². The molecule has 2 heterocycles. The van der Waals surface area contributed by atoms with Crippen molar-refractivity contribution >= 4 is 29.0 Å². The molecule has 1 fully saturated rings. The van der Waals surface area contributed by atoms with Gasteiger partial charge in [-0.3, -0.25) is 4.79 Å². The highest BCUT2D eigenvalue weighted by Crippen LogP contribution is 2.37. The molecular formula is C13H17N3OS. The van der Waals surface area contributed by atoms with E-state index in [1.807, 2.05) is 11.9 Å². The average Bonchev–Trinajstić information content (AvgIpc) is 2.35. The molecule has 5 heteroatoms. The van der Waals surface area contributed by atoms with E-state index in [1.54, 1.807) is 11.8 Å². The minimum Gasteiger partial charge on any atom is -0.388 e. The van der Waals surface area contributed by atoms with Crippen molar-refractivity contribution in [1.82, 2.24) is 5.32 Å². The normalized spacial score (nSPS) is 19.4. The van der Waals surface area contributed by atoms with Crippen LogP contribution in [0.25, 0.3) is 0 Å². The van der Waals surface area contributed by atoms with Crippen molar-refractivity contribution in [2.24, 2.45) is 5.92 Å². The monoisotopic (exact) mass is 263 g/mol. The summed E-state index contributed by atoms with van der Waals surface area (Å²) in [4.78, 5) is 15.3. The topological polar surface area (TPSA) is 44.4 Å². The molecule has 0 unspecified atom stereocenters. The number of carbonyl (C=O) groups is 1. The van der Waals surface area contributed by atoms with Crippen LogP contribution >= 0.6 is 11.8 Å². The van der Waals surface area contributed by atoms with E-state index >= 15 is 0 Å². The molecular weight excluding hydrogens is 246 g/mol. The van der Waals surface area contributed by atoms with Crippen molar-refractivity contribution in [2.75, 3.05) is 42.7 Å². The number of anilines is 2. The van der Waals surface area contributed by atoms with Crippen molar-refractivity contribution in [3.8, 4) is 0 Å². The summed E-state index contributed by atoms with van der Waals surface area (Å²) in [6, 6.07) is 6.24. The van der Waals surface area contributed by atoms with Gasteiger partial charge in [0.1, 0.15) is 0 Å². The third-order valence-corrected chi connectivity index (χ3v) is 4.54. The van der Waals surface area contributed by atoms with Crippen molar-refractivity contribution in [3.05, 3.63) is 18.2 Å². The number of hydrogen-bond acceptors (Lipinski definition) is 4. The van der Waals surface area contributed by atoms with Gasteiger partial charge in [0.25, 0.3) is 0 Å². The minimum absolute atomic E-state index is 0.229. The van der Waals surface area contributed by atoms with Crippen LogP contribution in [0.15, 0.2) is 23.1 Å². The zero-order chi connectivity index (χ0) is 12.5. The zero-order valence-corrected chi connectivity index (χ0v) is 11.2. The SMILES string of the molecule is CNc1ccc2c(c1)N(CC1CNC1)C(=O)CS2. The first-order valence-electron chi connectivity index (χ1n) is 6.23. The molecule has 0 saturated carbocycles. The molecule has 0 bridgehead atoms. The van der Waals surface area contributed by atoms with Crippen LogP contribution in [0.4, 0.5) is 11.4 Å². The van der Waals surface area contributed by atoms with Crippen LogP contribution in [0.3, 0.4) is 0 Å². The Morgan fingerprint density at radius 2 is 2.33 bits per heavy atom. The summed E-state index contributed by atoms with van der Waals surface area (Å²) in [5.74, 6) is 1.39. The fourth-order valence-electron chi connectivity index (χ4n) is 2.29. The van der Waals surface area contributed by atoms with Crippen LogP contribution in [-0.2, 0) is 4.79 Å². The lowest BCUT2D eigenvalue weighted by atomic mass is 10.0. The standard InChI is InChI=1S/C13H17N3OS/c1-14-10-2-3-12-11(4-10)16(13(17)8-18-12)7-9-5-15-6-9/h2-4,9,14-15H,5-8H2,1H3. The predicted molar refractivity (Wildman–Crippen MR) is 75.4 cm³/mol. The number of hydrogen-bond donors (Lipinski definition) is 2. The molecule has 2 aliphatic rings. The molecule has 1 saturated heterocycles. The Hall–Kier alpha value is -1.20. The third-order valence-electron chi connectivity index (χ3n) is 3.50. The summed E-state index contributed by atoms with van der Waals surface area (Å²) in [6.07, 6.45) is 0. The van der Waals surface area contributed by atoms with Gasteiger partial charge in [-0.05, 0) is 18.2 Å². The molecule has 0 radical (unpaired) electrons. The molecule has 0 aliphatic carbocycles. The summed E-state index contributed by atoms with van der Waals surface area (Å²) >= 11 is 1.64. The fourth-order valence-corrected chi connectivity index (χ4v) is 3.21. The first-order valence-corrected chi connectivity index (χ1v) is 7.22. The molecule has 0 aromatic heterocycles. The van der Waals surface area contributed by atoms with E-state index in [0.717, 1.165) is 31.0 Å². The maximum absolute atomic E-state index is 12.1. The Labute approximate surface area is 111 Å². The number of nitrogens with one attached hydrogen (secondary N) is 2. The van der Waals surface area contributed by atoms with Gasteiger partial charge in [0.15, 0.2) is 0 Å². The van der Waals surface area contributed by atoms with E-state index in [-0.39, 0.29) is 5.91 Å². The van der Waals surface area contributed by atoms with Gasteiger partial charge in [-0.1, -0.05) is 0 Å². The Kier molecular flexibility index (Phi) is 3.18. The lowest BCUT2D eigenvalue weighted by Crippen LogP contribution is -2.50. The van der Waals surface area contributed by atoms with E-state index in [4.69, 9.17) is 0 Å². The Balaban J connectivity index is 1.90. The van der Waals surface area contributed by atoms with E-state index in [0.29, 0.717) is 11.7 Å².